The maximum Gasteiger partial charge on any atom is 0.214 e. The SMILES string of the molecule is C[C@H](Sc1nnnn1-c1ccccc1)C(=O)c1c[nH]c2ccccc12. The molecule has 0 spiro atoms. The van der Waals surface area contributed by atoms with Gasteiger partial charge in [0.1, 0.15) is 0 Å². The molecule has 0 bridgehead atoms. The molecule has 0 aliphatic heterocycles. The molecule has 0 fully saturated rings. The van der Waals surface area contributed by atoms with Crippen molar-refractivity contribution in [2.45, 2.75) is 17.3 Å². The van der Waals surface area contributed by atoms with Gasteiger partial charge in [-0.25, -0.2) is 0 Å². The molecule has 0 saturated heterocycles. The van der Waals surface area contributed by atoms with Crippen molar-refractivity contribution >= 4 is 28.4 Å². The number of Topliss-reactive ketones (excluding diaryl/α,β-unsaturated/α-hetero) is 1. The van der Waals surface area contributed by atoms with Crippen LogP contribution in [-0.2, 0) is 0 Å². The molecule has 2 aromatic heterocycles. The van der Waals surface area contributed by atoms with Gasteiger partial charge in [0.2, 0.25) is 5.16 Å². The Balaban J connectivity index is 1.60. The zero-order chi connectivity index (χ0) is 17.2. The van der Waals surface area contributed by atoms with Crippen molar-refractivity contribution in [1.82, 2.24) is 25.2 Å². The first-order valence-corrected chi connectivity index (χ1v) is 8.73. The van der Waals surface area contributed by atoms with Crippen molar-refractivity contribution in [1.29, 1.82) is 0 Å². The predicted molar refractivity (Wildman–Crippen MR) is 97.1 cm³/mol. The molecule has 0 aliphatic carbocycles. The van der Waals surface area contributed by atoms with Gasteiger partial charge in [-0.15, -0.1) is 5.10 Å². The highest BCUT2D eigenvalue weighted by atomic mass is 32.2. The van der Waals surface area contributed by atoms with Gasteiger partial charge in [-0.05, 0) is 35.5 Å². The fourth-order valence-corrected chi connectivity index (χ4v) is 3.57. The molecule has 0 unspecified atom stereocenters. The van der Waals surface area contributed by atoms with Crippen LogP contribution in [0.2, 0.25) is 0 Å². The van der Waals surface area contributed by atoms with Crippen LogP contribution in [0.5, 0.6) is 0 Å². The Morgan fingerprint density at radius 3 is 2.72 bits per heavy atom. The van der Waals surface area contributed by atoms with E-state index in [1.807, 2.05) is 61.5 Å². The molecule has 124 valence electrons. The van der Waals surface area contributed by atoms with Crippen LogP contribution in [0.4, 0.5) is 0 Å². The summed E-state index contributed by atoms with van der Waals surface area (Å²) >= 11 is 1.35. The number of benzene rings is 2. The van der Waals surface area contributed by atoms with E-state index in [2.05, 4.69) is 20.5 Å². The summed E-state index contributed by atoms with van der Waals surface area (Å²) < 4.78 is 1.64. The number of H-pyrrole nitrogens is 1. The van der Waals surface area contributed by atoms with Crippen molar-refractivity contribution in [3.63, 3.8) is 0 Å². The van der Waals surface area contributed by atoms with Crippen molar-refractivity contribution in [2.75, 3.05) is 0 Å². The number of ketones is 1. The minimum absolute atomic E-state index is 0.0464. The maximum atomic E-state index is 12.9. The van der Waals surface area contributed by atoms with Crippen molar-refractivity contribution in [3.05, 3.63) is 66.4 Å². The Kier molecular flexibility index (Phi) is 4.07. The third-order valence-corrected chi connectivity index (χ3v) is 4.98. The van der Waals surface area contributed by atoms with E-state index in [1.165, 1.54) is 11.8 Å². The molecule has 6 nitrogen and oxygen atoms in total. The van der Waals surface area contributed by atoms with Gasteiger partial charge in [-0.1, -0.05) is 48.2 Å². The summed E-state index contributed by atoms with van der Waals surface area (Å²) in [5, 5.41) is 13.1. The number of tetrazole rings is 1. The number of hydrogen-bond acceptors (Lipinski definition) is 5. The number of rotatable bonds is 5. The fraction of sp³-hybridized carbons (Fsp3) is 0.111. The van der Waals surface area contributed by atoms with E-state index in [-0.39, 0.29) is 11.0 Å². The number of carbonyl (C=O) groups excluding carboxylic acids is 1. The standard InChI is InChI=1S/C18H15N5OS/c1-12(17(24)15-11-19-16-10-6-5-9-14(15)16)25-18-20-21-22-23(18)13-7-3-2-4-8-13/h2-12,19H,1H3/t12-/m0/s1. The molecular formula is C18H15N5OS. The number of nitrogens with one attached hydrogen (secondary N) is 1. The van der Waals surface area contributed by atoms with Crippen molar-refractivity contribution < 1.29 is 4.79 Å². The summed E-state index contributed by atoms with van der Waals surface area (Å²) in [7, 11) is 0. The number of nitrogens with zero attached hydrogens (tertiary/aromatic N) is 4. The van der Waals surface area contributed by atoms with Gasteiger partial charge < -0.3 is 4.98 Å². The molecule has 1 N–H and O–H groups in total. The number of thioether (sulfide) groups is 1. The normalized spacial score (nSPS) is 12.4. The zero-order valence-electron chi connectivity index (χ0n) is 13.5. The monoisotopic (exact) mass is 349 g/mol. The average molecular weight is 349 g/mol. The molecule has 0 amide bonds. The number of aromatic nitrogens is 5. The van der Waals surface area contributed by atoms with E-state index in [1.54, 1.807) is 10.9 Å². The quantitative estimate of drug-likeness (QED) is 0.441. The van der Waals surface area contributed by atoms with Gasteiger partial charge >= 0.3 is 0 Å². The molecule has 1 atom stereocenters. The molecule has 25 heavy (non-hydrogen) atoms. The zero-order valence-corrected chi connectivity index (χ0v) is 14.3. The lowest BCUT2D eigenvalue weighted by atomic mass is 10.1. The Labute approximate surface area is 148 Å². The smallest absolute Gasteiger partial charge is 0.214 e. The Morgan fingerprint density at radius 1 is 1.12 bits per heavy atom. The van der Waals surface area contributed by atoms with Crippen LogP contribution in [0.25, 0.3) is 16.6 Å². The first kappa shape index (κ1) is 15.6. The van der Waals surface area contributed by atoms with E-state index < -0.39 is 0 Å². The predicted octanol–water partition coefficient (Wildman–Crippen LogP) is 3.51. The van der Waals surface area contributed by atoms with Gasteiger partial charge in [0.05, 0.1) is 10.9 Å². The Hall–Kier alpha value is -2.93. The molecule has 0 radical (unpaired) electrons. The van der Waals surface area contributed by atoms with Crippen LogP contribution >= 0.6 is 11.8 Å². The molecular weight excluding hydrogens is 334 g/mol. The minimum Gasteiger partial charge on any atom is -0.360 e. The van der Waals surface area contributed by atoms with Crippen LogP contribution in [0.1, 0.15) is 17.3 Å². The molecule has 4 aromatic rings. The van der Waals surface area contributed by atoms with Gasteiger partial charge in [0.25, 0.3) is 0 Å². The topological polar surface area (TPSA) is 76.5 Å². The second-order valence-electron chi connectivity index (χ2n) is 5.58. The van der Waals surface area contributed by atoms with E-state index >= 15 is 0 Å². The lowest BCUT2D eigenvalue weighted by Gasteiger charge is -2.09. The molecule has 7 heteroatoms. The van der Waals surface area contributed by atoms with Gasteiger partial charge in [-0.2, -0.15) is 4.68 Å². The summed E-state index contributed by atoms with van der Waals surface area (Å²) in [6, 6.07) is 17.4. The lowest BCUT2D eigenvalue weighted by Crippen LogP contribution is -2.14. The fourth-order valence-electron chi connectivity index (χ4n) is 2.69. The summed E-state index contributed by atoms with van der Waals surface area (Å²) in [4.78, 5) is 16.0. The largest absolute Gasteiger partial charge is 0.360 e. The lowest BCUT2D eigenvalue weighted by molar-refractivity contribution is 0.0995. The highest BCUT2D eigenvalue weighted by Crippen LogP contribution is 2.27. The second kappa shape index (κ2) is 6.52. The maximum absolute atomic E-state index is 12.9. The third-order valence-electron chi connectivity index (χ3n) is 3.95. The second-order valence-corrected chi connectivity index (χ2v) is 6.89. The van der Waals surface area contributed by atoms with E-state index in [0.717, 1.165) is 16.6 Å². The Bertz CT molecular complexity index is 1020. The van der Waals surface area contributed by atoms with Crippen molar-refractivity contribution in [2.24, 2.45) is 0 Å². The van der Waals surface area contributed by atoms with Crippen LogP contribution in [0.3, 0.4) is 0 Å². The number of hydrogen-bond donors (Lipinski definition) is 1. The average Bonchev–Trinajstić information content (AvgIpc) is 3.28. The molecule has 2 aromatic carbocycles. The third kappa shape index (κ3) is 2.94. The van der Waals surface area contributed by atoms with Crippen LogP contribution in [0.15, 0.2) is 66.0 Å². The number of aromatic amines is 1. The summed E-state index contributed by atoms with van der Waals surface area (Å²) in [5.41, 5.74) is 2.51. The van der Waals surface area contributed by atoms with Gasteiger partial charge in [0, 0.05) is 22.7 Å². The van der Waals surface area contributed by atoms with Crippen LogP contribution in [-0.4, -0.2) is 36.2 Å². The summed E-state index contributed by atoms with van der Waals surface area (Å²) in [6.07, 6.45) is 1.77. The summed E-state index contributed by atoms with van der Waals surface area (Å²) in [5.74, 6) is 0.0464. The first-order valence-electron chi connectivity index (χ1n) is 7.85. The summed E-state index contributed by atoms with van der Waals surface area (Å²) in [6.45, 7) is 1.87. The number of carbonyl (C=O) groups is 1. The van der Waals surface area contributed by atoms with Gasteiger partial charge in [0.15, 0.2) is 5.78 Å². The van der Waals surface area contributed by atoms with Crippen molar-refractivity contribution in [3.8, 4) is 5.69 Å². The highest BCUT2D eigenvalue weighted by molar-refractivity contribution is 8.00. The number of fused-ring (bicyclic) bond motifs is 1. The molecule has 0 aliphatic rings. The first-order chi connectivity index (χ1) is 12.2. The minimum atomic E-state index is -0.312. The van der Waals surface area contributed by atoms with Crippen LogP contribution < -0.4 is 0 Å². The van der Waals surface area contributed by atoms with Gasteiger partial charge in [-0.3, -0.25) is 4.79 Å². The molecule has 0 saturated carbocycles. The Morgan fingerprint density at radius 2 is 1.88 bits per heavy atom. The van der Waals surface area contributed by atoms with E-state index in [0.29, 0.717) is 10.7 Å². The highest BCUT2D eigenvalue weighted by Gasteiger charge is 2.22. The molecule has 2 heterocycles. The van der Waals surface area contributed by atoms with E-state index in [4.69, 9.17) is 0 Å². The number of para-hydroxylation sites is 2. The van der Waals surface area contributed by atoms with Crippen LogP contribution in [0, 0.1) is 0 Å². The van der Waals surface area contributed by atoms with E-state index in [9.17, 15) is 4.79 Å². The molecule has 4 rings (SSSR count).